The zero-order chi connectivity index (χ0) is 21.8. The maximum atomic E-state index is 11.0. The number of carbonyl (C=O) groups is 3. The Bertz CT molecular complexity index is 532. The molecule has 0 aromatic rings. The predicted octanol–water partition coefficient (Wildman–Crippen LogP) is 1.20. The molecule has 6 radical (unpaired) electrons. The summed E-state index contributed by atoms with van der Waals surface area (Å²) in [5.41, 5.74) is 0.206. The third kappa shape index (κ3) is 32.6. The molecule has 0 saturated carbocycles. The molecule has 0 heterocycles. The maximum Gasteiger partial charge on any atom is 0.251 e. The van der Waals surface area contributed by atoms with Crippen molar-refractivity contribution < 1.29 is 84.6 Å². The van der Waals surface area contributed by atoms with Gasteiger partial charge in [-0.05, 0) is 6.92 Å². The number of hydrogen-bond acceptors (Lipinski definition) is 8. The summed E-state index contributed by atoms with van der Waals surface area (Å²) in [4.78, 5) is 41.9. The summed E-state index contributed by atoms with van der Waals surface area (Å²) >= 11 is 0. The molecular weight excluding hydrogens is 536 g/mol. The van der Waals surface area contributed by atoms with Crippen molar-refractivity contribution in [1.29, 1.82) is 0 Å². The van der Waals surface area contributed by atoms with Crippen LogP contribution in [-0.2, 0) is 84.6 Å². The van der Waals surface area contributed by atoms with Gasteiger partial charge in [-0.1, -0.05) is 19.8 Å². The van der Waals surface area contributed by atoms with E-state index < -0.39 is 0 Å². The number of rotatable bonds is 10. The molecule has 0 amide bonds. The van der Waals surface area contributed by atoms with Crippen LogP contribution < -0.4 is 10.7 Å². The van der Waals surface area contributed by atoms with Gasteiger partial charge in [0, 0.05) is 72.3 Å². The van der Waals surface area contributed by atoms with Crippen LogP contribution in [0.15, 0.2) is 10.2 Å². The van der Waals surface area contributed by atoms with E-state index in [-0.39, 0.29) is 121 Å². The van der Waals surface area contributed by atoms with Gasteiger partial charge in [-0.25, -0.2) is 0 Å². The number of hydrazone groups is 2. The molecule has 30 heavy (non-hydrogen) atoms. The fourth-order valence-corrected chi connectivity index (χ4v) is 1.05. The van der Waals surface area contributed by atoms with Crippen molar-refractivity contribution in [2.24, 2.45) is 16.1 Å². The topological polar surface area (TPSA) is 117 Å². The van der Waals surface area contributed by atoms with E-state index in [4.69, 9.17) is 16.0 Å². The molecule has 8 nitrogen and oxygen atoms in total. The second-order valence-corrected chi connectivity index (χ2v) is 5.49. The van der Waals surface area contributed by atoms with Gasteiger partial charge in [0.15, 0.2) is 5.78 Å². The van der Waals surface area contributed by atoms with Crippen LogP contribution in [0, 0.1) is 27.2 Å². The Morgan fingerprint density at radius 3 is 1.63 bits per heavy atom. The van der Waals surface area contributed by atoms with Crippen LogP contribution in [0.2, 0.25) is 0 Å². The van der Waals surface area contributed by atoms with Gasteiger partial charge in [-0.2, -0.15) is 16.6 Å². The summed E-state index contributed by atoms with van der Waals surface area (Å²) in [7, 11) is 9.65. The van der Waals surface area contributed by atoms with E-state index in [0.29, 0.717) is 0 Å². The SMILES string of the molecule is [B]N/N=C(/CC(C)=O)C(=O)C[CH2-].[B]N/N=C(/C[C-]=O)C(C)=O.[CH2-]CC(C)C.[CH3-].[Y].[Y]. The van der Waals surface area contributed by atoms with Gasteiger partial charge >= 0.3 is 0 Å². The average Bonchev–Trinajstić information content (AvgIpc) is 2.61. The number of ketones is 3. The normalized spacial score (nSPS) is 9.57. The molecule has 0 aliphatic heterocycles. The van der Waals surface area contributed by atoms with Crippen LogP contribution in [0.25, 0.3) is 0 Å². The Labute approximate surface area is 235 Å². The number of hydrogen-bond donors (Lipinski definition) is 2. The Balaban J connectivity index is -0.0000000733. The molecule has 0 aliphatic rings. The molecule has 0 bridgehead atoms. The van der Waals surface area contributed by atoms with Crippen LogP contribution in [0.1, 0.15) is 53.4 Å². The molecule has 2 N–H and O–H groups in total. The van der Waals surface area contributed by atoms with Crippen molar-refractivity contribution >= 4 is 51.0 Å². The van der Waals surface area contributed by atoms with Crippen molar-refractivity contribution in [3.8, 4) is 0 Å². The van der Waals surface area contributed by atoms with Crippen molar-refractivity contribution in [2.75, 3.05) is 0 Å². The van der Waals surface area contributed by atoms with E-state index in [1.54, 1.807) is 0 Å². The third-order valence-electron chi connectivity index (χ3n) is 2.59. The first-order chi connectivity index (χ1) is 12.6. The summed E-state index contributed by atoms with van der Waals surface area (Å²) in [6, 6.07) is 0. The largest absolute Gasteiger partial charge is 0.541 e. The van der Waals surface area contributed by atoms with E-state index in [0.717, 1.165) is 12.3 Å². The second kappa shape index (κ2) is 31.1. The molecular formula is C18H30B2N4O4Y2-4. The second-order valence-electron chi connectivity index (χ2n) is 5.49. The van der Waals surface area contributed by atoms with E-state index in [9.17, 15) is 19.2 Å². The van der Waals surface area contributed by atoms with Gasteiger partial charge in [0.1, 0.15) is 17.3 Å². The Kier molecular flexibility index (Phi) is 45.4. The van der Waals surface area contributed by atoms with Crippen molar-refractivity contribution in [3.63, 3.8) is 0 Å². The smallest absolute Gasteiger partial charge is 0.251 e. The third-order valence-corrected chi connectivity index (χ3v) is 2.59. The summed E-state index contributed by atoms with van der Waals surface area (Å²) < 4.78 is 0. The zero-order valence-corrected chi connectivity index (χ0v) is 24.3. The van der Waals surface area contributed by atoms with Gasteiger partial charge in [0.05, 0.1) is 12.1 Å². The molecule has 12 heteroatoms. The maximum absolute atomic E-state index is 11.0. The van der Waals surface area contributed by atoms with Crippen LogP contribution in [0.5, 0.6) is 0 Å². The average molecular weight is 566 g/mol. The van der Waals surface area contributed by atoms with Gasteiger partial charge in [0.2, 0.25) is 0 Å². The molecule has 162 valence electrons. The first-order valence-corrected chi connectivity index (χ1v) is 8.12. The predicted molar refractivity (Wildman–Crippen MR) is 115 cm³/mol. The van der Waals surface area contributed by atoms with Crippen molar-refractivity contribution in [2.45, 2.75) is 53.4 Å². The Hall–Kier alpha value is -0.0423. The van der Waals surface area contributed by atoms with Crippen LogP contribution in [0.3, 0.4) is 0 Å². The van der Waals surface area contributed by atoms with Crippen molar-refractivity contribution in [3.05, 3.63) is 21.3 Å². The van der Waals surface area contributed by atoms with Gasteiger partial charge in [-0.3, -0.25) is 20.7 Å². The standard InChI is InChI=1S/C7H10BN2O2.C5H6BN2O2.C5H11.CH3.2Y/c1-3-7(12)6(9-10-8)4-5(2)11;1-4(10)5(2-3-9)7-8-6;1-4-5(2)3;;;/h10H,1,3-4H2,2H3;8H,2H2,1H3;5H,1,4H2,2-3H3;1H3;;/q4*-1;;/b9-6-;7-5-;;;;. The minimum Gasteiger partial charge on any atom is -0.541 e. The molecule has 0 rings (SSSR count). The van der Waals surface area contributed by atoms with Crippen LogP contribution >= 0.6 is 0 Å². The minimum absolute atomic E-state index is 0. The van der Waals surface area contributed by atoms with E-state index in [2.05, 4.69) is 37.9 Å². The van der Waals surface area contributed by atoms with Gasteiger partial charge in [-0.15, -0.1) is 12.8 Å². The quantitative estimate of drug-likeness (QED) is 0.178. The van der Waals surface area contributed by atoms with E-state index >= 15 is 0 Å². The monoisotopic (exact) mass is 566 g/mol. The fourth-order valence-electron chi connectivity index (χ4n) is 1.05. The summed E-state index contributed by atoms with van der Waals surface area (Å²) in [5, 5.41) is 10.7. The Morgan fingerprint density at radius 2 is 1.40 bits per heavy atom. The molecule has 0 atom stereocenters. The molecule has 0 aromatic heterocycles. The fraction of sp³-hybridized carbons (Fsp3) is 0.500. The number of nitrogens with one attached hydrogen (secondary N) is 2. The Morgan fingerprint density at radius 1 is 1.00 bits per heavy atom. The van der Waals surface area contributed by atoms with E-state index in [1.165, 1.54) is 20.1 Å². The van der Waals surface area contributed by atoms with Crippen molar-refractivity contribution in [1.82, 2.24) is 10.7 Å². The molecule has 0 spiro atoms. The molecule has 0 aliphatic carbocycles. The molecule has 0 aromatic carbocycles. The van der Waals surface area contributed by atoms with E-state index in [1.807, 2.05) is 10.7 Å². The first kappa shape index (κ1) is 43.8. The zero-order valence-electron chi connectivity index (χ0n) is 18.7. The molecule has 0 fully saturated rings. The first-order valence-electron chi connectivity index (χ1n) is 8.12. The summed E-state index contributed by atoms with van der Waals surface area (Å²) in [6.45, 7) is 14.1. The number of Topliss-reactive ketones (excluding diaryl/α,β-unsaturated/α-hetero) is 3. The molecule has 0 unspecified atom stereocenters. The van der Waals surface area contributed by atoms with Crippen LogP contribution in [0.4, 0.5) is 0 Å². The summed E-state index contributed by atoms with van der Waals surface area (Å²) in [5.74, 6) is 0.0743. The number of nitrogens with zero attached hydrogens (tertiary/aromatic N) is 2. The van der Waals surface area contributed by atoms with Crippen LogP contribution in [-0.4, -0.2) is 51.0 Å². The minimum atomic E-state index is -0.290. The summed E-state index contributed by atoms with van der Waals surface area (Å²) in [6.07, 6.45) is 2.54. The number of carbonyl (C=O) groups excluding carboxylic acids is 4. The van der Waals surface area contributed by atoms with Gasteiger partial charge < -0.3 is 36.7 Å². The molecule has 0 saturated heterocycles. The van der Waals surface area contributed by atoms with Gasteiger partial charge in [0.25, 0.3) is 16.0 Å².